The number of hydrogen-bond acceptors (Lipinski definition) is 5. The van der Waals surface area contributed by atoms with E-state index in [1.807, 2.05) is 0 Å². The minimum Gasteiger partial charge on any atom is -0.493 e. The van der Waals surface area contributed by atoms with Crippen molar-refractivity contribution in [1.29, 1.82) is 0 Å². The average molecular weight is 266 g/mol. The Morgan fingerprint density at radius 3 is 2.05 bits per heavy atom. The number of carbonyl (C=O) groups is 2. The lowest BCUT2D eigenvalue weighted by Crippen LogP contribution is -2.05. The van der Waals surface area contributed by atoms with Crippen molar-refractivity contribution in [3.63, 3.8) is 0 Å². The molecule has 0 aliphatic rings. The first kappa shape index (κ1) is 14.6. The van der Waals surface area contributed by atoms with Crippen LogP contribution in [0, 0.1) is 0 Å². The summed E-state index contributed by atoms with van der Waals surface area (Å²) in [5.41, 5.74) is 0.548. The molecule has 0 aliphatic heterocycles. The van der Waals surface area contributed by atoms with Gasteiger partial charge in [0.15, 0.2) is 11.5 Å². The predicted molar refractivity (Wildman–Crippen MR) is 67.5 cm³/mol. The summed E-state index contributed by atoms with van der Waals surface area (Å²) in [6.45, 7) is 1.26. The van der Waals surface area contributed by atoms with Gasteiger partial charge in [-0.05, 0) is 23.8 Å². The number of hydrogen-bond donors (Lipinski definition) is 1. The van der Waals surface area contributed by atoms with Crippen LogP contribution in [0.25, 0.3) is 6.08 Å². The summed E-state index contributed by atoms with van der Waals surface area (Å²) in [7, 11) is 2.82. The highest BCUT2D eigenvalue weighted by Gasteiger charge is 2.15. The minimum absolute atomic E-state index is 0.157. The van der Waals surface area contributed by atoms with Crippen LogP contribution < -0.4 is 14.2 Å². The molecule has 19 heavy (non-hydrogen) atoms. The van der Waals surface area contributed by atoms with Crippen LogP contribution >= 0.6 is 0 Å². The Kier molecular flexibility index (Phi) is 4.93. The van der Waals surface area contributed by atoms with Gasteiger partial charge < -0.3 is 19.3 Å². The van der Waals surface area contributed by atoms with Gasteiger partial charge in [0, 0.05) is 13.0 Å². The van der Waals surface area contributed by atoms with Gasteiger partial charge in [0.2, 0.25) is 5.75 Å². The number of methoxy groups -OCH3 is 2. The zero-order valence-electron chi connectivity index (χ0n) is 10.8. The Labute approximate surface area is 110 Å². The first-order chi connectivity index (χ1) is 8.97. The molecule has 0 fully saturated rings. The quantitative estimate of drug-likeness (QED) is 0.496. The summed E-state index contributed by atoms with van der Waals surface area (Å²) >= 11 is 0. The van der Waals surface area contributed by atoms with Gasteiger partial charge in [-0.1, -0.05) is 0 Å². The van der Waals surface area contributed by atoms with Crippen molar-refractivity contribution in [3.8, 4) is 17.2 Å². The molecule has 0 heterocycles. The number of ether oxygens (including phenoxy) is 3. The molecular formula is C13H14O6. The van der Waals surface area contributed by atoms with Gasteiger partial charge in [0.05, 0.1) is 14.2 Å². The molecule has 0 atom stereocenters. The van der Waals surface area contributed by atoms with Crippen LogP contribution in [0.4, 0.5) is 0 Å². The van der Waals surface area contributed by atoms with Crippen molar-refractivity contribution in [2.75, 3.05) is 14.2 Å². The van der Waals surface area contributed by atoms with Crippen molar-refractivity contribution in [3.05, 3.63) is 23.8 Å². The molecule has 0 saturated carbocycles. The second-order valence-corrected chi connectivity index (χ2v) is 3.52. The van der Waals surface area contributed by atoms with E-state index in [9.17, 15) is 9.59 Å². The Hall–Kier alpha value is -2.50. The number of carboxylic acids is 1. The molecule has 1 rings (SSSR count). The van der Waals surface area contributed by atoms with E-state index in [0.29, 0.717) is 5.56 Å². The van der Waals surface area contributed by atoms with Gasteiger partial charge in [0.1, 0.15) is 0 Å². The standard InChI is InChI=1S/C13H14O6/c1-8(14)19-13-10(17-2)6-9(4-5-12(15)16)7-11(13)18-3/h4-7H,1-3H3,(H,15,16). The number of esters is 1. The number of aliphatic carboxylic acids is 1. The van der Waals surface area contributed by atoms with Gasteiger partial charge in [-0.2, -0.15) is 0 Å². The van der Waals surface area contributed by atoms with Gasteiger partial charge in [-0.25, -0.2) is 4.79 Å². The Balaban J connectivity index is 3.26. The molecule has 0 aromatic heterocycles. The summed E-state index contributed by atoms with van der Waals surface area (Å²) in [6, 6.07) is 3.08. The molecular weight excluding hydrogens is 252 g/mol. The number of carboxylic acid groups (broad SMARTS) is 1. The van der Waals surface area contributed by atoms with E-state index < -0.39 is 11.9 Å². The lowest BCUT2D eigenvalue weighted by molar-refractivity contribution is -0.132. The topological polar surface area (TPSA) is 82.1 Å². The zero-order chi connectivity index (χ0) is 14.4. The maximum atomic E-state index is 11.0. The van der Waals surface area contributed by atoms with E-state index in [0.717, 1.165) is 6.08 Å². The predicted octanol–water partition coefficient (Wildman–Crippen LogP) is 1.73. The largest absolute Gasteiger partial charge is 0.493 e. The molecule has 0 aliphatic carbocycles. The zero-order valence-corrected chi connectivity index (χ0v) is 10.8. The van der Waals surface area contributed by atoms with E-state index >= 15 is 0 Å². The molecule has 0 amide bonds. The maximum absolute atomic E-state index is 11.0. The molecule has 0 saturated heterocycles. The molecule has 1 aromatic rings. The second-order valence-electron chi connectivity index (χ2n) is 3.52. The summed E-state index contributed by atoms with van der Waals surface area (Å²) < 4.78 is 15.2. The third kappa shape index (κ3) is 4.02. The molecule has 6 heteroatoms. The average Bonchev–Trinajstić information content (AvgIpc) is 2.36. The molecule has 0 radical (unpaired) electrons. The first-order valence-corrected chi connectivity index (χ1v) is 5.33. The van der Waals surface area contributed by atoms with Crippen LogP contribution in [0.1, 0.15) is 12.5 Å². The number of benzene rings is 1. The van der Waals surface area contributed by atoms with Crippen LogP contribution in [0.2, 0.25) is 0 Å². The monoisotopic (exact) mass is 266 g/mol. The third-order valence-corrected chi connectivity index (χ3v) is 2.15. The van der Waals surface area contributed by atoms with Gasteiger partial charge in [0.25, 0.3) is 0 Å². The van der Waals surface area contributed by atoms with E-state index in [-0.39, 0.29) is 17.2 Å². The van der Waals surface area contributed by atoms with Gasteiger partial charge >= 0.3 is 11.9 Å². The van der Waals surface area contributed by atoms with Crippen LogP contribution in [0.5, 0.6) is 17.2 Å². The second kappa shape index (κ2) is 6.44. The van der Waals surface area contributed by atoms with Crippen molar-refractivity contribution in [2.45, 2.75) is 6.92 Å². The summed E-state index contributed by atoms with van der Waals surface area (Å²) in [4.78, 5) is 21.5. The highest BCUT2D eigenvalue weighted by atomic mass is 16.6. The SMILES string of the molecule is COc1cc(C=CC(=O)O)cc(OC)c1OC(C)=O. The first-order valence-electron chi connectivity index (χ1n) is 5.33. The fourth-order valence-electron chi connectivity index (χ4n) is 1.41. The van der Waals surface area contributed by atoms with Crippen LogP contribution in [0.15, 0.2) is 18.2 Å². The van der Waals surface area contributed by atoms with Gasteiger partial charge in [-0.3, -0.25) is 4.79 Å². The highest BCUT2D eigenvalue weighted by Crippen LogP contribution is 2.38. The molecule has 0 spiro atoms. The molecule has 0 bridgehead atoms. The molecule has 6 nitrogen and oxygen atoms in total. The molecule has 0 unspecified atom stereocenters. The van der Waals surface area contributed by atoms with E-state index in [4.69, 9.17) is 19.3 Å². The van der Waals surface area contributed by atoms with Gasteiger partial charge in [-0.15, -0.1) is 0 Å². The van der Waals surface area contributed by atoms with E-state index in [1.54, 1.807) is 12.1 Å². The Morgan fingerprint density at radius 2 is 1.68 bits per heavy atom. The number of rotatable bonds is 5. The van der Waals surface area contributed by atoms with E-state index in [1.165, 1.54) is 27.2 Å². The lowest BCUT2D eigenvalue weighted by atomic mass is 10.1. The van der Waals surface area contributed by atoms with Crippen LogP contribution in [0.3, 0.4) is 0 Å². The van der Waals surface area contributed by atoms with Crippen molar-refractivity contribution in [1.82, 2.24) is 0 Å². The highest BCUT2D eigenvalue weighted by molar-refractivity contribution is 5.85. The van der Waals surface area contributed by atoms with Crippen LogP contribution in [-0.4, -0.2) is 31.3 Å². The normalized spacial score (nSPS) is 10.3. The summed E-state index contributed by atoms with van der Waals surface area (Å²) in [5, 5.41) is 8.58. The molecule has 1 N–H and O–H groups in total. The minimum atomic E-state index is -1.07. The maximum Gasteiger partial charge on any atom is 0.328 e. The summed E-state index contributed by atoms with van der Waals surface area (Å²) in [6.07, 6.45) is 2.37. The Bertz CT molecular complexity index is 493. The molecule has 102 valence electrons. The van der Waals surface area contributed by atoms with Crippen molar-refractivity contribution < 1.29 is 28.9 Å². The summed E-state index contributed by atoms with van der Waals surface area (Å²) in [5.74, 6) is -0.864. The fraction of sp³-hybridized carbons (Fsp3) is 0.231. The van der Waals surface area contributed by atoms with Crippen molar-refractivity contribution in [2.24, 2.45) is 0 Å². The smallest absolute Gasteiger partial charge is 0.328 e. The number of carbonyl (C=O) groups excluding carboxylic acids is 1. The van der Waals surface area contributed by atoms with Crippen LogP contribution in [-0.2, 0) is 9.59 Å². The fourth-order valence-corrected chi connectivity index (χ4v) is 1.41. The molecule has 1 aromatic carbocycles. The Morgan fingerprint density at radius 1 is 1.16 bits per heavy atom. The van der Waals surface area contributed by atoms with Crippen molar-refractivity contribution >= 4 is 18.0 Å². The lowest BCUT2D eigenvalue weighted by Gasteiger charge is -2.13. The third-order valence-electron chi connectivity index (χ3n) is 2.15. The van der Waals surface area contributed by atoms with E-state index in [2.05, 4.69) is 0 Å².